The average Bonchev–Trinajstić information content (AvgIpc) is 2.40. The van der Waals surface area contributed by atoms with Crippen molar-refractivity contribution in [2.75, 3.05) is 13.1 Å². The molecule has 15 heavy (non-hydrogen) atoms. The van der Waals surface area contributed by atoms with Gasteiger partial charge in [-0.1, -0.05) is 34.6 Å². The first kappa shape index (κ1) is 13.0. The molecule has 0 aromatic carbocycles. The summed E-state index contributed by atoms with van der Waals surface area (Å²) in [5.74, 6) is 0. The predicted octanol–water partition coefficient (Wildman–Crippen LogP) is 2.40. The molecular weight excluding hydrogens is 184 g/mol. The van der Waals surface area contributed by atoms with Crippen LogP contribution in [0.15, 0.2) is 0 Å². The van der Waals surface area contributed by atoms with Crippen LogP contribution in [0, 0.1) is 10.8 Å². The number of hydrogen-bond acceptors (Lipinski definition) is 2. The molecule has 2 heteroatoms. The van der Waals surface area contributed by atoms with Gasteiger partial charge in [0.05, 0.1) is 0 Å². The van der Waals surface area contributed by atoms with E-state index in [0.717, 1.165) is 13.1 Å². The Balaban J connectivity index is 2.40. The maximum atomic E-state index is 3.70. The van der Waals surface area contributed by atoms with Crippen LogP contribution >= 0.6 is 0 Å². The molecule has 1 aliphatic carbocycles. The van der Waals surface area contributed by atoms with E-state index in [2.05, 4.69) is 59.1 Å². The molecule has 1 aliphatic rings. The van der Waals surface area contributed by atoms with Crippen LogP contribution in [0.4, 0.5) is 0 Å². The second-order valence-corrected chi connectivity index (χ2v) is 6.67. The first-order valence-corrected chi connectivity index (χ1v) is 6.13. The minimum absolute atomic E-state index is 0.198. The van der Waals surface area contributed by atoms with E-state index in [1.807, 2.05) is 0 Å². The van der Waals surface area contributed by atoms with Crippen molar-refractivity contribution in [1.82, 2.24) is 10.6 Å². The highest BCUT2D eigenvalue weighted by Crippen LogP contribution is 2.62. The first-order chi connectivity index (χ1) is 6.65. The summed E-state index contributed by atoms with van der Waals surface area (Å²) in [6, 6.07) is 0.655. The Bertz CT molecular complexity index is 215. The zero-order valence-corrected chi connectivity index (χ0v) is 11.5. The standard InChI is InChI=1S/C13H28N2/c1-8-15-11(2,3)9-14-10-12(4,5)13(10,6)7/h10,14-15H,8-9H2,1-7H3. The molecule has 0 amide bonds. The van der Waals surface area contributed by atoms with Crippen LogP contribution < -0.4 is 10.6 Å². The fraction of sp³-hybridized carbons (Fsp3) is 1.00. The van der Waals surface area contributed by atoms with Gasteiger partial charge in [-0.3, -0.25) is 0 Å². The maximum absolute atomic E-state index is 3.70. The van der Waals surface area contributed by atoms with Crippen molar-refractivity contribution in [2.45, 2.75) is 60.0 Å². The average molecular weight is 212 g/mol. The molecule has 2 N–H and O–H groups in total. The third-order valence-electron chi connectivity index (χ3n) is 4.42. The maximum Gasteiger partial charge on any atom is 0.0249 e. The molecule has 0 aromatic heterocycles. The highest BCUT2D eigenvalue weighted by atomic mass is 15.1. The second kappa shape index (κ2) is 3.74. The van der Waals surface area contributed by atoms with Gasteiger partial charge in [0, 0.05) is 18.1 Å². The second-order valence-electron chi connectivity index (χ2n) is 6.67. The third kappa shape index (κ3) is 2.36. The van der Waals surface area contributed by atoms with Gasteiger partial charge < -0.3 is 10.6 Å². The van der Waals surface area contributed by atoms with Crippen molar-refractivity contribution in [3.63, 3.8) is 0 Å². The molecule has 1 rings (SSSR count). The Morgan fingerprint density at radius 3 is 1.87 bits per heavy atom. The molecule has 1 saturated carbocycles. The summed E-state index contributed by atoms with van der Waals surface area (Å²) >= 11 is 0. The van der Waals surface area contributed by atoms with Crippen molar-refractivity contribution in [2.24, 2.45) is 10.8 Å². The zero-order chi connectivity index (χ0) is 11.9. The van der Waals surface area contributed by atoms with Crippen LogP contribution in [0.2, 0.25) is 0 Å². The van der Waals surface area contributed by atoms with Gasteiger partial charge in [-0.25, -0.2) is 0 Å². The lowest BCUT2D eigenvalue weighted by atomic mass is 10.0. The number of nitrogens with one attached hydrogen (secondary N) is 2. The van der Waals surface area contributed by atoms with Crippen LogP contribution in [0.1, 0.15) is 48.5 Å². The Morgan fingerprint density at radius 2 is 1.53 bits per heavy atom. The highest BCUT2D eigenvalue weighted by molar-refractivity contribution is 5.18. The number of hydrogen-bond donors (Lipinski definition) is 2. The predicted molar refractivity (Wildman–Crippen MR) is 67.1 cm³/mol. The topological polar surface area (TPSA) is 24.1 Å². The zero-order valence-electron chi connectivity index (χ0n) is 11.5. The van der Waals surface area contributed by atoms with Gasteiger partial charge >= 0.3 is 0 Å². The third-order valence-corrected chi connectivity index (χ3v) is 4.42. The summed E-state index contributed by atoms with van der Waals surface area (Å²) in [4.78, 5) is 0. The molecule has 90 valence electrons. The molecule has 0 atom stereocenters. The fourth-order valence-corrected chi connectivity index (χ4v) is 2.60. The Labute approximate surface area is 95.2 Å². The smallest absolute Gasteiger partial charge is 0.0249 e. The normalized spacial score (nSPS) is 24.2. The van der Waals surface area contributed by atoms with E-state index >= 15 is 0 Å². The summed E-state index contributed by atoms with van der Waals surface area (Å²) in [5.41, 5.74) is 1.08. The van der Waals surface area contributed by atoms with Gasteiger partial charge in [0.2, 0.25) is 0 Å². The lowest BCUT2D eigenvalue weighted by Gasteiger charge is -2.26. The quantitative estimate of drug-likeness (QED) is 0.731. The fourth-order valence-electron chi connectivity index (χ4n) is 2.60. The number of likely N-dealkylation sites (N-methyl/N-ethyl adjacent to an activating group) is 1. The van der Waals surface area contributed by atoms with E-state index in [9.17, 15) is 0 Å². The van der Waals surface area contributed by atoms with Crippen LogP contribution in [0.25, 0.3) is 0 Å². The molecule has 0 aromatic rings. The molecule has 0 unspecified atom stereocenters. The summed E-state index contributed by atoms with van der Waals surface area (Å²) in [5, 5.41) is 7.20. The molecule has 2 nitrogen and oxygen atoms in total. The molecule has 0 bridgehead atoms. The van der Waals surface area contributed by atoms with Crippen LogP contribution in [-0.4, -0.2) is 24.7 Å². The van der Waals surface area contributed by atoms with Crippen molar-refractivity contribution >= 4 is 0 Å². The molecule has 0 heterocycles. The molecule has 0 radical (unpaired) electrons. The van der Waals surface area contributed by atoms with E-state index < -0.39 is 0 Å². The summed E-state index contributed by atoms with van der Waals surface area (Å²) in [7, 11) is 0. The Morgan fingerprint density at radius 1 is 1.07 bits per heavy atom. The molecule has 0 aliphatic heterocycles. The van der Waals surface area contributed by atoms with E-state index in [1.165, 1.54) is 0 Å². The molecule has 0 spiro atoms. The van der Waals surface area contributed by atoms with Gasteiger partial charge in [0.15, 0.2) is 0 Å². The number of rotatable bonds is 5. The van der Waals surface area contributed by atoms with Crippen LogP contribution in [-0.2, 0) is 0 Å². The van der Waals surface area contributed by atoms with Crippen LogP contribution in [0.5, 0.6) is 0 Å². The van der Waals surface area contributed by atoms with Gasteiger partial charge in [-0.2, -0.15) is 0 Å². The monoisotopic (exact) mass is 212 g/mol. The van der Waals surface area contributed by atoms with E-state index in [0.29, 0.717) is 16.9 Å². The Hall–Kier alpha value is -0.0800. The summed E-state index contributed by atoms with van der Waals surface area (Å²) in [6.07, 6.45) is 0. The SMILES string of the molecule is CCNC(C)(C)CNC1C(C)(C)C1(C)C. The summed E-state index contributed by atoms with van der Waals surface area (Å²) in [6.45, 7) is 18.2. The van der Waals surface area contributed by atoms with E-state index in [1.54, 1.807) is 0 Å². The molecular formula is C13H28N2. The molecule has 0 saturated heterocycles. The van der Waals surface area contributed by atoms with Crippen molar-refractivity contribution < 1.29 is 0 Å². The van der Waals surface area contributed by atoms with Crippen molar-refractivity contribution in [3.8, 4) is 0 Å². The van der Waals surface area contributed by atoms with Gasteiger partial charge in [0.25, 0.3) is 0 Å². The lowest BCUT2D eigenvalue weighted by Crippen LogP contribution is -2.48. The van der Waals surface area contributed by atoms with Crippen molar-refractivity contribution in [1.29, 1.82) is 0 Å². The Kier molecular flexibility index (Phi) is 3.24. The summed E-state index contributed by atoms with van der Waals surface area (Å²) < 4.78 is 0. The van der Waals surface area contributed by atoms with Gasteiger partial charge in [-0.15, -0.1) is 0 Å². The van der Waals surface area contributed by atoms with Crippen molar-refractivity contribution in [3.05, 3.63) is 0 Å². The first-order valence-electron chi connectivity index (χ1n) is 6.13. The van der Waals surface area contributed by atoms with Gasteiger partial charge in [-0.05, 0) is 31.2 Å². The minimum Gasteiger partial charge on any atom is -0.311 e. The molecule has 1 fully saturated rings. The van der Waals surface area contributed by atoms with E-state index in [-0.39, 0.29) is 5.54 Å². The minimum atomic E-state index is 0.198. The van der Waals surface area contributed by atoms with E-state index in [4.69, 9.17) is 0 Å². The largest absolute Gasteiger partial charge is 0.311 e. The lowest BCUT2D eigenvalue weighted by molar-refractivity contribution is 0.361. The van der Waals surface area contributed by atoms with Gasteiger partial charge in [0.1, 0.15) is 0 Å². The highest BCUT2D eigenvalue weighted by Gasteiger charge is 2.64. The van der Waals surface area contributed by atoms with Crippen LogP contribution in [0.3, 0.4) is 0 Å².